The standard InChI is InChI=1S/C36H44N6O5S/c1-25(2)33(41-35(45)42(3)21-30-23-48-24-38-30)34(44)40-31(18-27-13-8-5-9-14-27)32(43)19-29(17-26-11-6-4-7-12-26)39-36(46)47-22-28-15-10-16-37-20-28/h4-16,20,23-25,29,31-33,43H,17-19,21-22H2,1-3H3,(H,39,46)(H,40,44)(H,41,45)/t29-,31-,32-,33?/m0/s1. The number of carbonyl (C=O) groups is 3. The van der Waals surface area contributed by atoms with Gasteiger partial charge in [0.1, 0.15) is 12.6 Å². The lowest BCUT2D eigenvalue weighted by molar-refractivity contribution is -0.125. The number of pyridine rings is 1. The number of aliphatic hydroxyl groups excluding tert-OH is 1. The van der Waals surface area contributed by atoms with Gasteiger partial charge in [-0.1, -0.05) is 80.6 Å². The fourth-order valence-corrected chi connectivity index (χ4v) is 5.77. The Morgan fingerprint density at radius 2 is 1.56 bits per heavy atom. The number of aromatic nitrogens is 2. The molecule has 1 unspecified atom stereocenters. The maximum Gasteiger partial charge on any atom is 0.407 e. The molecule has 4 atom stereocenters. The zero-order valence-electron chi connectivity index (χ0n) is 27.5. The average molecular weight is 673 g/mol. The molecule has 2 aromatic heterocycles. The van der Waals surface area contributed by atoms with Gasteiger partial charge in [0.2, 0.25) is 5.91 Å². The number of urea groups is 1. The zero-order chi connectivity index (χ0) is 34.3. The van der Waals surface area contributed by atoms with Gasteiger partial charge in [0.05, 0.1) is 29.9 Å². The average Bonchev–Trinajstić information content (AvgIpc) is 3.60. The highest BCUT2D eigenvalue weighted by Crippen LogP contribution is 2.16. The molecule has 0 radical (unpaired) electrons. The summed E-state index contributed by atoms with van der Waals surface area (Å²) in [4.78, 5) is 49.5. The number of hydrogen-bond acceptors (Lipinski definition) is 8. The van der Waals surface area contributed by atoms with Gasteiger partial charge < -0.3 is 30.7 Å². The van der Waals surface area contributed by atoms with Crippen LogP contribution >= 0.6 is 11.3 Å². The number of nitrogens with zero attached hydrogens (tertiary/aromatic N) is 3. The molecular weight excluding hydrogens is 629 g/mol. The Bertz CT molecular complexity index is 1540. The Kier molecular flexibility index (Phi) is 13.9. The van der Waals surface area contributed by atoms with Crippen molar-refractivity contribution < 1.29 is 24.2 Å². The number of amides is 4. The van der Waals surface area contributed by atoms with Crippen molar-refractivity contribution in [2.45, 2.75) is 70.5 Å². The minimum absolute atomic E-state index is 0.0498. The van der Waals surface area contributed by atoms with Gasteiger partial charge in [-0.15, -0.1) is 11.3 Å². The van der Waals surface area contributed by atoms with Crippen molar-refractivity contribution in [3.05, 3.63) is 118 Å². The normalized spacial score (nSPS) is 13.5. The van der Waals surface area contributed by atoms with E-state index in [2.05, 4.69) is 25.9 Å². The van der Waals surface area contributed by atoms with Gasteiger partial charge in [0.15, 0.2) is 0 Å². The summed E-state index contributed by atoms with van der Waals surface area (Å²) in [6.07, 6.45) is 2.48. The van der Waals surface area contributed by atoms with Crippen LogP contribution in [0.25, 0.3) is 0 Å². The second kappa shape index (κ2) is 18.5. The molecule has 12 heteroatoms. The Hall–Kier alpha value is -4.81. The molecule has 0 saturated heterocycles. The second-order valence-electron chi connectivity index (χ2n) is 12.1. The molecule has 0 saturated carbocycles. The van der Waals surface area contributed by atoms with Crippen molar-refractivity contribution in [3.8, 4) is 0 Å². The third kappa shape index (κ3) is 11.8. The fourth-order valence-electron chi connectivity index (χ4n) is 5.22. The van der Waals surface area contributed by atoms with Crippen LogP contribution < -0.4 is 16.0 Å². The molecule has 48 heavy (non-hydrogen) atoms. The predicted octanol–water partition coefficient (Wildman–Crippen LogP) is 4.72. The second-order valence-corrected chi connectivity index (χ2v) is 12.8. The van der Waals surface area contributed by atoms with Crippen LogP contribution in [0.5, 0.6) is 0 Å². The molecule has 0 aliphatic heterocycles. The highest BCUT2D eigenvalue weighted by Gasteiger charge is 2.31. The van der Waals surface area contributed by atoms with Gasteiger partial charge >= 0.3 is 12.1 Å². The van der Waals surface area contributed by atoms with Crippen molar-refractivity contribution >= 4 is 29.4 Å². The monoisotopic (exact) mass is 672 g/mol. The van der Waals surface area contributed by atoms with Crippen LogP contribution in [0, 0.1) is 5.92 Å². The number of carbonyl (C=O) groups excluding carboxylic acids is 3. The number of benzene rings is 2. The van der Waals surface area contributed by atoms with E-state index >= 15 is 0 Å². The quantitative estimate of drug-likeness (QED) is 0.135. The molecule has 2 heterocycles. The first-order valence-corrected chi connectivity index (χ1v) is 16.9. The van der Waals surface area contributed by atoms with Gasteiger partial charge in [0.25, 0.3) is 0 Å². The summed E-state index contributed by atoms with van der Waals surface area (Å²) in [5, 5.41) is 22.4. The molecule has 0 bridgehead atoms. The van der Waals surface area contributed by atoms with E-state index in [9.17, 15) is 19.5 Å². The maximum absolute atomic E-state index is 13.8. The summed E-state index contributed by atoms with van der Waals surface area (Å²) in [6.45, 7) is 4.06. The molecule has 254 valence electrons. The topological polar surface area (TPSA) is 146 Å². The van der Waals surface area contributed by atoms with Gasteiger partial charge in [-0.2, -0.15) is 0 Å². The molecule has 4 aromatic rings. The van der Waals surface area contributed by atoms with Crippen LogP contribution in [-0.4, -0.2) is 69.3 Å². The Morgan fingerprint density at radius 1 is 0.896 bits per heavy atom. The van der Waals surface area contributed by atoms with Gasteiger partial charge in [-0.3, -0.25) is 9.78 Å². The lowest BCUT2D eigenvalue weighted by Gasteiger charge is -2.31. The van der Waals surface area contributed by atoms with Crippen molar-refractivity contribution in [2.24, 2.45) is 5.92 Å². The molecule has 4 N–H and O–H groups in total. The van der Waals surface area contributed by atoms with Crippen LogP contribution in [0.2, 0.25) is 0 Å². The number of hydrogen-bond donors (Lipinski definition) is 4. The molecular formula is C36H44N6O5S. The van der Waals surface area contributed by atoms with Crippen LogP contribution in [0.4, 0.5) is 9.59 Å². The summed E-state index contributed by atoms with van der Waals surface area (Å²) in [6, 6.07) is 20.3. The van der Waals surface area contributed by atoms with Crippen molar-refractivity contribution in [1.82, 2.24) is 30.8 Å². The molecule has 0 fully saturated rings. The molecule has 11 nitrogen and oxygen atoms in total. The highest BCUT2D eigenvalue weighted by atomic mass is 32.1. The van der Waals surface area contributed by atoms with Crippen molar-refractivity contribution in [3.63, 3.8) is 0 Å². The van der Waals surface area contributed by atoms with Crippen LogP contribution in [0.15, 0.2) is 96.1 Å². The van der Waals surface area contributed by atoms with Gasteiger partial charge in [-0.05, 0) is 42.4 Å². The van der Waals surface area contributed by atoms with Crippen molar-refractivity contribution in [1.29, 1.82) is 0 Å². The van der Waals surface area contributed by atoms with Crippen LogP contribution in [-0.2, 0) is 35.5 Å². The molecule has 0 spiro atoms. The van der Waals surface area contributed by atoms with E-state index < -0.39 is 42.3 Å². The van der Waals surface area contributed by atoms with Gasteiger partial charge in [0, 0.05) is 36.4 Å². The summed E-state index contributed by atoms with van der Waals surface area (Å²) in [5.41, 5.74) is 5.09. The number of alkyl carbamates (subject to hydrolysis) is 1. The van der Waals surface area contributed by atoms with Gasteiger partial charge in [-0.25, -0.2) is 14.6 Å². The zero-order valence-corrected chi connectivity index (χ0v) is 28.3. The number of thiazole rings is 1. The largest absolute Gasteiger partial charge is 0.445 e. The number of aliphatic hydroxyl groups is 1. The first kappa shape index (κ1) is 36.0. The van der Waals surface area contributed by atoms with E-state index in [-0.39, 0.29) is 18.9 Å². The molecule has 4 amide bonds. The molecule has 2 aromatic carbocycles. The Labute approximate surface area is 285 Å². The Balaban J connectivity index is 1.48. The minimum atomic E-state index is -1.06. The third-order valence-electron chi connectivity index (χ3n) is 7.81. The van der Waals surface area contributed by atoms with E-state index in [4.69, 9.17) is 4.74 Å². The number of rotatable bonds is 16. The summed E-state index contributed by atoms with van der Waals surface area (Å²) >= 11 is 1.45. The van der Waals surface area contributed by atoms with E-state index in [0.29, 0.717) is 19.4 Å². The summed E-state index contributed by atoms with van der Waals surface area (Å²) < 4.78 is 5.46. The first-order valence-electron chi connectivity index (χ1n) is 15.9. The smallest absolute Gasteiger partial charge is 0.407 e. The lowest BCUT2D eigenvalue weighted by atomic mass is 9.93. The SMILES string of the molecule is CC(C)C(NC(=O)N(C)Cc1cscn1)C(=O)N[C@@H](Cc1ccccc1)[C@@H](O)C[C@H](Cc1ccccc1)NC(=O)OCc1cccnc1. The minimum Gasteiger partial charge on any atom is -0.445 e. The predicted molar refractivity (Wildman–Crippen MR) is 185 cm³/mol. The van der Waals surface area contributed by atoms with Crippen molar-refractivity contribution in [2.75, 3.05) is 7.05 Å². The van der Waals surface area contributed by atoms with E-state index in [1.54, 1.807) is 31.0 Å². The first-order chi connectivity index (χ1) is 23.2. The highest BCUT2D eigenvalue weighted by molar-refractivity contribution is 7.07. The van der Waals surface area contributed by atoms with Crippen LogP contribution in [0.1, 0.15) is 42.7 Å². The van der Waals surface area contributed by atoms with E-state index in [1.807, 2.05) is 86.0 Å². The lowest BCUT2D eigenvalue weighted by Crippen LogP contribution is -2.57. The molecule has 4 rings (SSSR count). The number of nitrogens with one attached hydrogen (secondary N) is 3. The molecule has 0 aliphatic rings. The maximum atomic E-state index is 13.8. The van der Waals surface area contributed by atoms with Crippen LogP contribution in [0.3, 0.4) is 0 Å². The summed E-state index contributed by atoms with van der Waals surface area (Å²) in [7, 11) is 1.65. The summed E-state index contributed by atoms with van der Waals surface area (Å²) in [5.74, 6) is -0.651. The Morgan fingerprint density at radius 3 is 2.17 bits per heavy atom. The van der Waals surface area contributed by atoms with E-state index in [0.717, 1.165) is 22.4 Å². The molecule has 0 aliphatic carbocycles. The third-order valence-corrected chi connectivity index (χ3v) is 8.45. The number of ether oxygens (including phenoxy) is 1. The van der Waals surface area contributed by atoms with E-state index in [1.165, 1.54) is 16.2 Å². The fraction of sp³-hybridized carbons (Fsp3) is 0.361.